The van der Waals surface area contributed by atoms with Gasteiger partial charge in [-0.1, -0.05) is 19.9 Å². The Hall–Kier alpha value is -2.04. The highest BCUT2D eigenvalue weighted by molar-refractivity contribution is 5.86. The van der Waals surface area contributed by atoms with E-state index in [2.05, 4.69) is 30.9 Å². The van der Waals surface area contributed by atoms with Crippen molar-refractivity contribution in [3.63, 3.8) is 0 Å². The highest BCUT2D eigenvalue weighted by Crippen LogP contribution is 2.63. The minimum atomic E-state index is -0.373. The van der Waals surface area contributed by atoms with Crippen LogP contribution in [0.2, 0.25) is 0 Å². The molecule has 158 valence electrons. The SMILES string of the molecule is CCN(CC)C(=O)[C@H]1C2CC(=O)N3CCCc4cc(OC)ccc4C23[C@@H](C)[C@@H]1C. The maximum Gasteiger partial charge on any atom is 0.226 e. The Kier molecular flexibility index (Phi) is 5.12. The third-order valence-electron chi connectivity index (χ3n) is 8.12. The molecule has 4 rings (SSSR count). The first-order valence-corrected chi connectivity index (χ1v) is 11.2. The van der Waals surface area contributed by atoms with Gasteiger partial charge in [-0.15, -0.1) is 0 Å². The molecule has 5 nitrogen and oxygen atoms in total. The van der Waals surface area contributed by atoms with Crippen LogP contribution < -0.4 is 4.74 Å². The molecule has 1 aromatic rings. The summed E-state index contributed by atoms with van der Waals surface area (Å²) in [4.78, 5) is 30.9. The summed E-state index contributed by atoms with van der Waals surface area (Å²) in [5, 5.41) is 0. The van der Waals surface area contributed by atoms with Crippen molar-refractivity contribution in [3.05, 3.63) is 29.3 Å². The van der Waals surface area contributed by atoms with Crippen molar-refractivity contribution >= 4 is 11.8 Å². The minimum absolute atomic E-state index is 0.0401. The molecule has 3 aliphatic rings. The van der Waals surface area contributed by atoms with E-state index in [1.54, 1.807) is 7.11 Å². The molecule has 5 atom stereocenters. The summed E-state index contributed by atoms with van der Waals surface area (Å²) >= 11 is 0. The standard InChI is InChI=1S/C24H34N2O3/c1-6-25(7-2)23(28)22-15(3)16(4)24-19-11-10-18(29-5)13-17(19)9-8-12-26(24)21(27)14-20(22)24/h10-11,13,15-16,20,22H,6-9,12,14H2,1-5H3/t15-,16-,20?,22+,24?/m0/s1. The summed E-state index contributed by atoms with van der Waals surface area (Å²) in [7, 11) is 1.70. The number of carbonyl (C=O) groups is 2. The lowest BCUT2D eigenvalue weighted by Crippen LogP contribution is -2.49. The third kappa shape index (κ3) is 2.65. The summed E-state index contributed by atoms with van der Waals surface area (Å²) in [6, 6.07) is 6.34. The van der Waals surface area contributed by atoms with E-state index in [0.29, 0.717) is 6.42 Å². The molecule has 2 heterocycles. The number of methoxy groups -OCH3 is 1. The number of hydrogen-bond acceptors (Lipinski definition) is 3. The van der Waals surface area contributed by atoms with Gasteiger partial charge in [-0.25, -0.2) is 0 Å². The molecule has 0 bridgehead atoms. The van der Waals surface area contributed by atoms with Crippen LogP contribution in [0.15, 0.2) is 18.2 Å². The number of hydrogen-bond donors (Lipinski definition) is 0. The number of carbonyl (C=O) groups excluding carboxylic acids is 2. The number of amides is 2. The number of nitrogens with zero attached hydrogens (tertiary/aromatic N) is 2. The summed E-state index contributed by atoms with van der Waals surface area (Å²) in [5.74, 6) is 1.71. The van der Waals surface area contributed by atoms with Gasteiger partial charge in [0.1, 0.15) is 5.75 Å². The van der Waals surface area contributed by atoms with Crippen LogP contribution in [0.25, 0.3) is 0 Å². The zero-order valence-electron chi connectivity index (χ0n) is 18.4. The topological polar surface area (TPSA) is 49.9 Å². The molecule has 1 spiro atoms. The first kappa shape index (κ1) is 20.2. The summed E-state index contributed by atoms with van der Waals surface area (Å²) in [5.41, 5.74) is 2.16. The second-order valence-electron chi connectivity index (χ2n) is 8.99. The summed E-state index contributed by atoms with van der Waals surface area (Å²) in [6.07, 6.45) is 2.38. The van der Waals surface area contributed by atoms with Gasteiger partial charge in [0.25, 0.3) is 0 Å². The van der Waals surface area contributed by atoms with Crippen LogP contribution >= 0.6 is 0 Å². The van der Waals surface area contributed by atoms with Gasteiger partial charge < -0.3 is 14.5 Å². The van der Waals surface area contributed by atoms with Gasteiger partial charge in [-0.2, -0.15) is 0 Å². The molecule has 29 heavy (non-hydrogen) atoms. The Bertz CT molecular complexity index is 818. The van der Waals surface area contributed by atoms with Crippen molar-refractivity contribution in [1.82, 2.24) is 9.80 Å². The lowest BCUT2D eigenvalue weighted by atomic mass is 9.73. The van der Waals surface area contributed by atoms with Gasteiger partial charge in [0.2, 0.25) is 11.8 Å². The lowest BCUT2D eigenvalue weighted by molar-refractivity contribution is -0.138. The second-order valence-corrected chi connectivity index (χ2v) is 8.99. The van der Waals surface area contributed by atoms with Crippen molar-refractivity contribution in [3.8, 4) is 5.75 Å². The molecule has 1 aromatic carbocycles. The normalized spacial score (nSPS) is 33.0. The van der Waals surface area contributed by atoms with Crippen molar-refractivity contribution in [1.29, 1.82) is 0 Å². The number of ether oxygens (including phenoxy) is 1. The molecule has 2 aliphatic heterocycles. The Morgan fingerprint density at radius 3 is 2.66 bits per heavy atom. The lowest BCUT2D eigenvalue weighted by Gasteiger charge is -2.43. The van der Waals surface area contributed by atoms with Gasteiger partial charge in [0.05, 0.1) is 12.6 Å². The number of rotatable bonds is 4. The molecule has 0 radical (unpaired) electrons. The largest absolute Gasteiger partial charge is 0.497 e. The predicted molar refractivity (Wildman–Crippen MR) is 113 cm³/mol. The molecule has 2 amide bonds. The molecule has 5 heteroatoms. The fourth-order valence-corrected chi connectivity index (χ4v) is 6.69. The fourth-order valence-electron chi connectivity index (χ4n) is 6.69. The molecule has 2 fully saturated rings. The maximum absolute atomic E-state index is 13.6. The van der Waals surface area contributed by atoms with Crippen molar-refractivity contribution in [2.45, 2.75) is 52.5 Å². The van der Waals surface area contributed by atoms with Crippen LogP contribution in [-0.4, -0.2) is 48.4 Å². The van der Waals surface area contributed by atoms with E-state index in [-0.39, 0.29) is 41.0 Å². The monoisotopic (exact) mass is 398 g/mol. The van der Waals surface area contributed by atoms with Gasteiger partial charge >= 0.3 is 0 Å². The van der Waals surface area contributed by atoms with E-state index in [0.717, 1.165) is 38.2 Å². The fraction of sp³-hybridized carbons (Fsp3) is 0.667. The highest BCUT2D eigenvalue weighted by atomic mass is 16.5. The van der Waals surface area contributed by atoms with Gasteiger partial charge in [0.15, 0.2) is 0 Å². The Morgan fingerprint density at radius 1 is 1.28 bits per heavy atom. The van der Waals surface area contributed by atoms with Gasteiger partial charge in [-0.05, 0) is 61.8 Å². The molecule has 0 aromatic heterocycles. The van der Waals surface area contributed by atoms with Gasteiger partial charge in [-0.3, -0.25) is 9.59 Å². The summed E-state index contributed by atoms with van der Waals surface area (Å²) < 4.78 is 5.49. The van der Waals surface area contributed by atoms with E-state index in [1.807, 2.05) is 24.8 Å². The molecular formula is C24H34N2O3. The quantitative estimate of drug-likeness (QED) is 0.780. The zero-order valence-corrected chi connectivity index (χ0v) is 18.4. The molecular weight excluding hydrogens is 364 g/mol. The second kappa shape index (κ2) is 7.33. The van der Waals surface area contributed by atoms with Crippen LogP contribution in [0.5, 0.6) is 5.75 Å². The molecule has 1 saturated heterocycles. The van der Waals surface area contributed by atoms with Crippen LogP contribution in [0.4, 0.5) is 0 Å². The number of fused-ring (bicyclic) bond motifs is 1. The minimum Gasteiger partial charge on any atom is -0.497 e. The Balaban J connectivity index is 1.89. The zero-order chi connectivity index (χ0) is 20.9. The average molecular weight is 399 g/mol. The van der Waals surface area contributed by atoms with Crippen LogP contribution in [0, 0.1) is 23.7 Å². The molecule has 2 unspecified atom stereocenters. The van der Waals surface area contributed by atoms with E-state index in [1.165, 1.54) is 11.1 Å². The predicted octanol–water partition coefficient (Wildman–Crippen LogP) is 3.46. The van der Waals surface area contributed by atoms with Crippen molar-refractivity contribution in [2.24, 2.45) is 23.7 Å². The number of aryl methyl sites for hydroxylation is 1. The highest BCUT2D eigenvalue weighted by Gasteiger charge is 2.68. The Morgan fingerprint density at radius 2 is 2.00 bits per heavy atom. The first-order chi connectivity index (χ1) is 13.9. The van der Waals surface area contributed by atoms with E-state index >= 15 is 0 Å². The summed E-state index contributed by atoms with van der Waals surface area (Å²) in [6.45, 7) is 10.8. The van der Waals surface area contributed by atoms with Gasteiger partial charge in [0, 0.05) is 37.9 Å². The molecule has 0 N–H and O–H groups in total. The van der Waals surface area contributed by atoms with Crippen LogP contribution in [0.1, 0.15) is 51.7 Å². The number of benzene rings is 1. The van der Waals surface area contributed by atoms with Crippen molar-refractivity contribution in [2.75, 3.05) is 26.7 Å². The molecule has 1 saturated carbocycles. The average Bonchev–Trinajstić information content (AvgIpc) is 3.02. The van der Waals surface area contributed by atoms with E-state index in [4.69, 9.17) is 4.74 Å². The van der Waals surface area contributed by atoms with Crippen molar-refractivity contribution < 1.29 is 14.3 Å². The van der Waals surface area contributed by atoms with E-state index in [9.17, 15) is 9.59 Å². The van der Waals surface area contributed by atoms with E-state index < -0.39 is 0 Å². The van der Waals surface area contributed by atoms with Crippen LogP contribution in [-0.2, 0) is 21.5 Å². The Labute approximate surface area is 174 Å². The van der Waals surface area contributed by atoms with Crippen LogP contribution in [0.3, 0.4) is 0 Å². The smallest absolute Gasteiger partial charge is 0.226 e. The maximum atomic E-state index is 13.6. The third-order valence-corrected chi connectivity index (χ3v) is 8.12. The first-order valence-electron chi connectivity index (χ1n) is 11.2. The molecule has 1 aliphatic carbocycles.